The van der Waals surface area contributed by atoms with E-state index in [9.17, 15) is 9.18 Å². The first-order chi connectivity index (χ1) is 7.58. The fourth-order valence-corrected chi connectivity index (χ4v) is 1.73. The molecule has 0 bridgehead atoms. The van der Waals surface area contributed by atoms with Crippen LogP contribution in [-0.2, 0) is 4.79 Å². The van der Waals surface area contributed by atoms with E-state index in [0.717, 1.165) is 19.6 Å². The topological polar surface area (TPSA) is 32.3 Å². The summed E-state index contributed by atoms with van der Waals surface area (Å²) in [5, 5.41) is 2.78. The van der Waals surface area contributed by atoms with Crippen LogP contribution >= 0.6 is 0 Å². The summed E-state index contributed by atoms with van der Waals surface area (Å²) < 4.78 is 12.8. The predicted octanol–water partition coefficient (Wildman–Crippen LogP) is 1.50. The minimum absolute atomic E-state index is 0.0598. The smallest absolute Gasteiger partial charge is 0.243 e. The number of hydrogen-bond acceptors (Lipinski definition) is 2. The highest BCUT2D eigenvalue weighted by molar-refractivity contribution is 5.87. The molecule has 0 aromatic carbocycles. The van der Waals surface area contributed by atoms with Gasteiger partial charge in [0.2, 0.25) is 5.91 Å². The van der Waals surface area contributed by atoms with Gasteiger partial charge in [0.05, 0.1) is 0 Å². The molecule has 0 unspecified atom stereocenters. The standard InChI is InChI=1S/C12H21FN2O/c1-10(2)14-12(16)4-3-7-15-8-5-11(13)6-9-15/h3-4,10-11H,5-9H2,1-2H3,(H,14,16)/b4-3+. The van der Waals surface area contributed by atoms with Crippen LogP contribution in [0.1, 0.15) is 26.7 Å². The molecule has 92 valence electrons. The first kappa shape index (κ1) is 13.2. The van der Waals surface area contributed by atoms with Crippen LogP contribution in [0.3, 0.4) is 0 Å². The maximum Gasteiger partial charge on any atom is 0.243 e. The van der Waals surface area contributed by atoms with Crippen LogP contribution in [0.25, 0.3) is 0 Å². The summed E-state index contributed by atoms with van der Waals surface area (Å²) in [6.07, 6.45) is 4.00. The Hall–Kier alpha value is -0.900. The van der Waals surface area contributed by atoms with E-state index >= 15 is 0 Å². The molecule has 0 aliphatic carbocycles. The van der Waals surface area contributed by atoms with Gasteiger partial charge in [0, 0.05) is 31.8 Å². The summed E-state index contributed by atoms with van der Waals surface area (Å²) in [5.41, 5.74) is 0. The molecule has 3 nitrogen and oxygen atoms in total. The van der Waals surface area contributed by atoms with Gasteiger partial charge in [-0.2, -0.15) is 0 Å². The van der Waals surface area contributed by atoms with Gasteiger partial charge < -0.3 is 5.32 Å². The predicted molar refractivity (Wildman–Crippen MR) is 63.0 cm³/mol. The van der Waals surface area contributed by atoms with Gasteiger partial charge in [-0.15, -0.1) is 0 Å². The zero-order chi connectivity index (χ0) is 12.0. The maximum atomic E-state index is 12.8. The molecular formula is C12H21FN2O. The zero-order valence-electron chi connectivity index (χ0n) is 10.1. The molecule has 0 aromatic heterocycles. The van der Waals surface area contributed by atoms with E-state index in [1.807, 2.05) is 19.9 Å². The minimum Gasteiger partial charge on any atom is -0.350 e. The first-order valence-corrected chi connectivity index (χ1v) is 5.91. The Morgan fingerprint density at radius 3 is 2.69 bits per heavy atom. The van der Waals surface area contributed by atoms with Gasteiger partial charge in [-0.05, 0) is 26.7 Å². The molecule has 1 N–H and O–H groups in total. The third-order valence-electron chi connectivity index (χ3n) is 2.58. The van der Waals surface area contributed by atoms with E-state index in [1.165, 1.54) is 0 Å². The van der Waals surface area contributed by atoms with Crippen LogP contribution in [0.4, 0.5) is 4.39 Å². The first-order valence-electron chi connectivity index (χ1n) is 5.91. The van der Waals surface area contributed by atoms with E-state index in [-0.39, 0.29) is 11.9 Å². The van der Waals surface area contributed by atoms with Crippen LogP contribution in [0, 0.1) is 0 Å². The molecule has 16 heavy (non-hydrogen) atoms. The lowest BCUT2D eigenvalue weighted by atomic mass is 10.1. The number of carbonyl (C=O) groups excluding carboxylic acids is 1. The SMILES string of the molecule is CC(C)NC(=O)/C=C/CN1CCC(F)CC1. The van der Waals surface area contributed by atoms with Gasteiger partial charge in [0.25, 0.3) is 0 Å². The molecule has 1 rings (SSSR count). The summed E-state index contributed by atoms with van der Waals surface area (Å²) in [6, 6.07) is 0.166. The van der Waals surface area contributed by atoms with Gasteiger partial charge in [0.1, 0.15) is 6.17 Å². The Morgan fingerprint density at radius 2 is 2.12 bits per heavy atom. The largest absolute Gasteiger partial charge is 0.350 e. The highest BCUT2D eigenvalue weighted by Crippen LogP contribution is 2.12. The number of carbonyl (C=O) groups is 1. The van der Waals surface area contributed by atoms with Crippen molar-refractivity contribution in [2.24, 2.45) is 0 Å². The highest BCUT2D eigenvalue weighted by Gasteiger charge is 2.16. The number of halogens is 1. The lowest BCUT2D eigenvalue weighted by Gasteiger charge is -2.27. The third-order valence-corrected chi connectivity index (χ3v) is 2.58. The van der Waals surface area contributed by atoms with Gasteiger partial charge in [0.15, 0.2) is 0 Å². The van der Waals surface area contributed by atoms with Gasteiger partial charge in [-0.25, -0.2) is 4.39 Å². The molecule has 0 radical (unpaired) electrons. The van der Waals surface area contributed by atoms with Gasteiger partial charge >= 0.3 is 0 Å². The molecule has 1 saturated heterocycles. The van der Waals surface area contributed by atoms with Crippen molar-refractivity contribution in [3.63, 3.8) is 0 Å². The minimum atomic E-state index is -0.635. The number of nitrogens with zero attached hydrogens (tertiary/aromatic N) is 1. The number of alkyl halides is 1. The summed E-state index contributed by atoms with van der Waals surface area (Å²) in [7, 11) is 0. The second kappa shape index (κ2) is 6.63. The number of amides is 1. The number of likely N-dealkylation sites (tertiary alicyclic amines) is 1. The maximum absolute atomic E-state index is 12.8. The van der Waals surface area contributed by atoms with Gasteiger partial charge in [-0.1, -0.05) is 6.08 Å². The quantitative estimate of drug-likeness (QED) is 0.740. The van der Waals surface area contributed by atoms with Crippen molar-refractivity contribution < 1.29 is 9.18 Å². The number of piperidine rings is 1. The highest BCUT2D eigenvalue weighted by atomic mass is 19.1. The summed E-state index contributed by atoms with van der Waals surface area (Å²) in [5.74, 6) is -0.0598. The van der Waals surface area contributed by atoms with Crippen molar-refractivity contribution in [2.45, 2.75) is 38.9 Å². The summed E-state index contributed by atoms with van der Waals surface area (Å²) in [6.45, 7) is 6.17. The second-order valence-electron chi connectivity index (χ2n) is 4.54. The molecule has 0 spiro atoms. The van der Waals surface area contributed by atoms with Crippen LogP contribution in [0.2, 0.25) is 0 Å². The molecule has 1 aliphatic heterocycles. The van der Waals surface area contributed by atoms with Crippen LogP contribution in [-0.4, -0.2) is 42.7 Å². The molecule has 1 amide bonds. The Labute approximate surface area is 96.7 Å². The average Bonchev–Trinajstić information content (AvgIpc) is 2.20. The second-order valence-corrected chi connectivity index (χ2v) is 4.54. The Morgan fingerprint density at radius 1 is 1.50 bits per heavy atom. The van der Waals surface area contributed by atoms with Crippen LogP contribution in [0.15, 0.2) is 12.2 Å². The molecule has 0 saturated carbocycles. The van der Waals surface area contributed by atoms with E-state index < -0.39 is 6.17 Å². The summed E-state index contributed by atoms with van der Waals surface area (Å²) >= 11 is 0. The zero-order valence-corrected chi connectivity index (χ0v) is 10.1. The number of nitrogens with one attached hydrogen (secondary N) is 1. The lowest BCUT2D eigenvalue weighted by Crippen LogP contribution is -2.34. The fourth-order valence-electron chi connectivity index (χ4n) is 1.73. The van der Waals surface area contributed by atoms with E-state index in [0.29, 0.717) is 12.8 Å². The van der Waals surface area contributed by atoms with Gasteiger partial charge in [-0.3, -0.25) is 9.69 Å². The summed E-state index contributed by atoms with van der Waals surface area (Å²) in [4.78, 5) is 13.4. The Kier molecular flexibility index (Phi) is 5.46. The molecule has 0 atom stereocenters. The molecular weight excluding hydrogens is 207 g/mol. The normalized spacial score (nSPS) is 19.5. The van der Waals surface area contributed by atoms with Crippen molar-refractivity contribution in [1.29, 1.82) is 0 Å². The van der Waals surface area contributed by atoms with Crippen LogP contribution in [0.5, 0.6) is 0 Å². The van der Waals surface area contributed by atoms with E-state index in [2.05, 4.69) is 10.2 Å². The lowest BCUT2D eigenvalue weighted by molar-refractivity contribution is -0.116. The number of hydrogen-bond donors (Lipinski definition) is 1. The van der Waals surface area contributed by atoms with E-state index in [1.54, 1.807) is 6.08 Å². The number of rotatable bonds is 4. The third kappa shape index (κ3) is 5.26. The van der Waals surface area contributed by atoms with Crippen molar-refractivity contribution in [3.05, 3.63) is 12.2 Å². The van der Waals surface area contributed by atoms with E-state index in [4.69, 9.17) is 0 Å². The Balaban J connectivity index is 2.18. The molecule has 1 heterocycles. The monoisotopic (exact) mass is 228 g/mol. The van der Waals surface area contributed by atoms with Crippen molar-refractivity contribution in [2.75, 3.05) is 19.6 Å². The van der Waals surface area contributed by atoms with Crippen molar-refractivity contribution in [1.82, 2.24) is 10.2 Å². The Bertz CT molecular complexity index is 245. The fraction of sp³-hybridized carbons (Fsp3) is 0.750. The molecule has 0 aromatic rings. The van der Waals surface area contributed by atoms with Crippen molar-refractivity contribution in [3.8, 4) is 0 Å². The molecule has 4 heteroatoms. The molecule has 1 aliphatic rings. The van der Waals surface area contributed by atoms with Crippen LogP contribution < -0.4 is 5.32 Å². The molecule has 1 fully saturated rings. The van der Waals surface area contributed by atoms with Crippen molar-refractivity contribution >= 4 is 5.91 Å². The average molecular weight is 228 g/mol.